The van der Waals surface area contributed by atoms with Crippen LogP contribution in [-0.2, 0) is 21.2 Å². The fourth-order valence-corrected chi connectivity index (χ4v) is 4.28. The zero-order valence-electron chi connectivity index (χ0n) is 15.2. The van der Waals surface area contributed by atoms with Crippen LogP contribution in [0.5, 0.6) is 5.75 Å². The summed E-state index contributed by atoms with van der Waals surface area (Å²) in [6.45, 7) is 0.318. The average Bonchev–Trinajstić information content (AvgIpc) is 2.64. The Hall–Kier alpha value is -1.96. The number of nitrogens with one attached hydrogen (secondary N) is 1. The highest BCUT2D eigenvalue weighted by Gasteiger charge is 2.35. The predicted octanol–water partition coefficient (Wildman–Crippen LogP) is 3.27. The largest absolute Gasteiger partial charge is 0.476 e. The summed E-state index contributed by atoms with van der Waals surface area (Å²) in [6, 6.07) is 12.2. The number of nitrogens with zero attached hydrogens (tertiary/aromatic N) is 1. The van der Waals surface area contributed by atoms with E-state index in [-0.39, 0.29) is 12.5 Å². The van der Waals surface area contributed by atoms with E-state index in [2.05, 4.69) is 5.32 Å². The van der Waals surface area contributed by atoms with Crippen LogP contribution in [0.25, 0.3) is 0 Å². The van der Waals surface area contributed by atoms with Crippen LogP contribution in [0.1, 0.15) is 12.0 Å². The number of carbonyl (C=O) groups excluding carboxylic acids is 1. The summed E-state index contributed by atoms with van der Waals surface area (Å²) < 4.78 is 31.2. The fraction of sp³-hybridized carbons (Fsp3) is 0.316. The number of hydrogen-bond acceptors (Lipinski definition) is 4. The second-order valence-corrected chi connectivity index (χ2v) is 9.25. The maximum Gasteiger partial charge on any atom is 0.263 e. The first kappa shape index (κ1) is 20.8. The van der Waals surface area contributed by atoms with Crippen molar-refractivity contribution in [2.75, 3.05) is 23.7 Å². The molecule has 1 aliphatic rings. The molecule has 9 heteroatoms. The van der Waals surface area contributed by atoms with E-state index in [0.29, 0.717) is 34.4 Å². The van der Waals surface area contributed by atoms with Gasteiger partial charge in [0.05, 0.1) is 18.5 Å². The quantitative estimate of drug-likeness (QED) is 0.696. The van der Waals surface area contributed by atoms with E-state index in [4.69, 9.17) is 27.9 Å². The van der Waals surface area contributed by atoms with Gasteiger partial charge in [-0.3, -0.25) is 9.10 Å². The van der Waals surface area contributed by atoms with E-state index >= 15 is 0 Å². The summed E-state index contributed by atoms with van der Waals surface area (Å²) in [7, 11) is -3.59. The molecule has 6 nitrogen and oxygen atoms in total. The molecular weight excluding hydrogens is 423 g/mol. The topological polar surface area (TPSA) is 75.7 Å². The lowest BCUT2D eigenvalue weighted by molar-refractivity contribution is -0.127. The Labute approximate surface area is 174 Å². The van der Waals surface area contributed by atoms with Gasteiger partial charge in [0.25, 0.3) is 5.91 Å². The van der Waals surface area contributed by atoms with Crippen LogP contribution < -0.4 is 14.4 Å². The molecule has 0 saturated heterocycles. The highest BCUT2D eigenvalue weighted by Crippen LogP contribution is 2.37. The number of sulfonamides is 1. The lowest BCUT2D eigenvalue weighted by Crippen LogP contribution is -2.50. The zero-order valence-corrected chi connectivity index (χ0v) is 17.5. The number of ether oxygens (including phenoxy) is 1. The first-order valence-electron chi connectivity index (χ1n) is 8.71. The third kappa shape index (κ3) is 4.90. The molecule has 150 valence electrons. The Morgan fingerprint density at radius 3 is 2.71 bits per heavy atom. The molecule has 0 aliphatic carbocycles. The maximum absolute atomic E-state index is 12.5. The van der Waals surface area contributed by atoms with Gasteiger partial charge in [-0.1, -0.05) is 41.4 Å². The van der Waals surface area contributed by atoms with Gasteiger partial charge in [0, 0.05) is 16.6 Å². The lowest BCUT2D eigenvalue weighted by atomic mass is 10.1. The Morgan fingerprint density at radius 1 is 1.25 bits per heavy atom. The van der Waals surface area contributed by atoms with Crippen molar-refractivity contribution < 1.29 is 17.9 Å². The summed E-state index contributed by atoms with van der Waals surface area (Å²) in [5.74, 6) is -0.0642. The van der Waals surface area contributed by atoms with Crippen LogP contribution in [0.4, 0.5) is 5.69 Å². The number of hydrogen-bond donors (Lipinski definition) is 1. The predicted molar refractivity (Wildman–Crippen MR) is 111 cm³/mol. The van der Waals surface area contributed by atoms with E-state index in [1.807, 2.05) is 24.3 Å². The third-order valence-electron chi connectivity index (χ3n) is 4.36. The van der Waals surface area contributed by atoms with Crippen LogP contribution in [0.2, 0.25) is 10.0 Å². The maximum atomic E-state index is 12.5. The van der Waals surface area contributed by atoms with Gasteiger partial charge in [0.15, 0.2) is 6.10 Å². The van der Waals surface area contributed by atoms with Crippen LogP contribution in [0, 0.1) is 0 Å². The number of rotatable bonds is 6. The summed E-state index contributed by atoms with van der Waals surface area (Å²) in [4.78, 5) is 12.5. The summed E-state index contributed by atoms with van der Waals surface area (Å²) in [5, 5.41) is 3.89. The number of amides is 1. The van der Waals surface area contributed by atoms with E-state index < -0.39 is 16.1 Å². The molecule has 2 aromatic rings. The molecule has 0 fully saturated rings. The minimum Gasteiger partial charge on any atom is -0.476 e. The molecule has 0 aromatic heterocycles. The first-order chi connectivity index (χ1) is 13.3. The van der Waals surface area contributed by atoms with Gasteiger partial charge in [0.1, 0.15) is 5.75 Å². The average molecular weight is 443 g/mol. The molecule has 1 aliphatic heterocycles. The Kier molecular flexibility index (Phi) is 6.37. The molecular formula is C19H20Cl2N2O4S. The highest BCUT2D eigenvalue weighted by atomic mass is 35.5. The van der Waals surface area contributed by atoms with Gasteiger partial charge in [-0.25, -0.2) is 8.42 Å². The lowest BCUT2D eigenvalue weighted by Gasteiger charge is -2.34. The minimum atomic E-state index is -3.59. The van der Waals surface area contributed by atoms with Gasteiger partial charge in [-0.2, -0.15) is 0 Å². The Balaban J connectivity index is 1.63. The smallest absolute Gasteiger partial charge is 0.263 e. The van der Waals surface area contributed by atoms with E-state index in [0.717, 1.165) is 22.5 Å². The molecule has 0 bridgehead atoms. The molecule has 0 spiro atoms. The van der Waals surface area contributed by atoms with Crippen molar-refractivity contribution in [3.63, 3.8) is 0 Å². The van der Waals surface area contributed by atoms with Crippen LogP contribution in [0.15, 0.2) is 42.5 Å². The second kappa shape index (κ2) is 8.59. The van der Waals surface area contributed by atoms with Crippen molar-refractivity contribution in [1.29, 1.82) is 0 Å². The van der Waals surface area contributed by atoms with Gasteiger partial charge in [0.2, 0.25) is 10.0 Å². The van der Waals surface area contributed by atoms with Crippen LogP contribution in [0.3, 0.4) is 0 Å². The molecule has 0 saturated carbocycles. The Bertz CT molecular complexity index is 982. The van der Waals surface area contributed by atoms with Crippen molar-refractivity contribution >= 4 is 44.8 Å². The molecule has 2 aromatic carbocycles. The fourth-order valence-electron chi connectivity index (χ4n) is 2.98. The Morgan fingerprint density at radius 2 is 2.00 bits per heavy atom. The summed E-state index contributed by atoms with van der Waals surface area (Å²) >= 11 is 12.1. The van der Waals surface area contributed by atoms with Crippen LogP contribution >= 0.6 is 23.2 Å². The van der Waals surface area contributed by atoms with E-state index in [1.165, 1.54) is 6.07 Å². The number of fused-ring (bicyclic) bond motifs is 1. The molecule has 28 heavy (non-hydrogen) atoms. The van der Waals surface area contributed by atoms with Gasteiger partial charge < -0.3 is 10.1 Å². The molecule has 1 amide bonds. The number of halogens is 2. The third-order valence-corrected chi connectivity index (χ3v) is 6.11. The highest BCUT2D eigenvalue weighted by molar-refractivity contribution is 7.92. The van der Waals surface area contributed by atoms with Crippen molar-refractivity contribution in [3.8, 4) is 5.75 Å². The monoisotopic (exact) mass is 442 g/mol. The van der Waals surface area contributed by atoms with Crippen LogP contribution in [-0.4, -0.2) is 39.8 Å². The van der Waals surface area contributed by atoms with Gasteiger partial charge in [-0.05, 0) is 42.7 Å². The first-order valence-corrected chi connectivity index (χ1v) is 11.3. The molecule has 0 radical (unpaired) electrons. The number of carbonyl (C=O) groups is 1. The molecule has 0 unspecified atom stereocenters. The van der Waals surface area contributed by atoms with Crippen molar-refractivity contribution in [2.24, 2.45) is 0 Å². The number of anilines is 1. The molecule has 3 rings (SSSR count). The number of benzene rings is 2. The zero-order chi connectivity index (χ0) is 20.3. The second-order valence-electron chi connectivity index (χ2n) is 6.50. The number of aryl methyl sites for hydroxylation is 1. The summed E-state index contributed by atoms with van der Waals surface area (Å²) in [6.07, 6.45) is 1.57. The minimum absolute atomic E-state index is 0.109. The summed E-state index contributed by atoms with van der Waals surface area (Å²) in [5.41, 5.74) is 1.35. The van der Waals surface area contributed by atoms with E-state index in [1.54, 1.807) is 12.1 Å². The van der Waals surface area contributed by atoms with Crippen molar-refractivity contribution in [2.45, 2.75) is 18.9 Å². The van der Waals surface area contributed by atoms with Crippen molar-refractivity contribution in [1.82, 2.24) is 5.32 Å². The van der Waals surface area contributed by atoms with Gasteiger partial charge in [-0.15, -0.1) is 0 Å². The molecule has 1 N–H and O–H groups in total. The standard InChI is InChI=1S/C19H20Cl2N2O4S/c1-28(25,26)23-12-18(27-17-9-8-14(20)11-16(17)23)19(24)22-10-4-6-13-5-2-3-7-15(13)21/h2-3,5,7-9,11,18H,4,6,10,12H2,1H3,(H,22,24)/t18-/m0/s1. The van der Waals surface area contributed by atoms with Crippen molar-refractivity contribution in [3.05, 3.63) is 58.1 Å². The molecule has 1 atom stereocenters. The molecule has 1 heterocycles. The van der Waals surface area contributed by atoms with E-state index in [9.17, 15) is 13.2 Å². The normalized spacial score (nSPS) is 16.2. The van der Waals surface area contributed by atoms with Gasteiger partial charge >= 0.3 is 0 Å². The SMILES string of the molecule is CS(=O)(=O)N1C[C@@H](C(=O)NCCCc2ccccc2Cl)Oc2ccc(Cl)cc21.